The van der Waals surface area contributed by atoms with Gasteiger partial charge in [0.25, 0.3) is 5.91 Å². The van der Waals surface area contributed by atoms with Crippen LogP contribution >= 0.6 is 0 Å². The topological polar surface area (TPSA) is 70.7 Å². The minimum Gasteiger partial charge on any atom is -0.321 e. The summed E-state index contributed by atoms with van der Waals surface area (Å²) in [6, 6.07) is 10.6. The van der Waals surface area contributed by atoms with Crippen molar-refractivity contribution in [1.29, 1.82) is 5.26 Å². The average molecular weight is 254 g/mol. The van der Waals surface area contributed by atoms with Gasteiger partial charge in [0, 0.05) is 17.9 Å². The number of hydrogen-bond donors (Lipinski definition) is 1. The normalized spacial score (nSPS) is 10.2. The standard InChI is InChI=1S/C14H14N4O/c1-10(2)18-13(7-8-16-18)14(19)17-12-5-3-11(9-15)4-6-12/h3-8,10H,1-2H3,(H,17,19). The van der Waals surface area contributed by atoms with Crippen LogP contribution in [0.25, 0.3) is 0 Å². The number of nitrogens with zero attached hydrogens (tertiary/aromatic N) is 3. The zero-order chi connectivity index (χ0) is 13.8. The summed E-state index contributed by atoms with van der Waals surface area (Å²) in [7, 11) is 0. The number of nitriles is 1. The van der Waals surface area contributed by atoms with Gasteiger partial charge >= 0.3 is 0 Å². The Morgan fingerprint density at radius 3 is 2.58 bits per heavy atom. The van der Waals surface area contributed by atoms with E-state index in [-0.39, 0.29) is 11.9 Å². The molecule has 5 heteroatoms. The number of nitrogens with one attached hydrogen (secondary N) is 1. The van der Waals surface area contributed by atoms with Gasteiger partial charge in [-0.3, -0.25) is 9.48 Å². The first-order valence-electron chi connectivity index (χ1n) is 5.97. The zero-order valence-corrected chi connectivity index (χ0v) is 10.8. The van der Waals surface area contributed by atoms with Crippen LogP contribution < -0.4 is 5.32 Å². The summed E-state index contributed by atoms with van der Waals surface area (Å²) in [5.74, 6) is -0.212. The van der Waals surface area contributed by atoms with E-state index >= 15 is 0 Å². The van der Waals surface area contributed by atoms with E-state index in [4.69, 9.17) is 5.26 Å². The number of anilines is 1. The van der Waals surface area contributed by atoms with E-state index < -0.39 is 0 Å². The van der Waals surface area contributed by atoms with Crippen molar-refractivity contribution < 1.29 is 4.79 Å². The monoisotopic (exact) mass is 254 g/mol. The Morgan fingerprint density at radius 2 is 2.00 bits per heavy atom. The van der Waals surface area contributed by atoms with Crippen molar-refractivity contribution in [3.8, 4) is 6.07 Å². The fourth-order valence-electron chi connectivity index (χ4n) is 1.73. The van der Waals surface area contributed by atoms with Gasteiger partial charge in [-0.05, 0) is 44.2 Å². The van der Waals surface area contributed by atoms with Gasteiger partial charge in [-0.15, -0.1) is 0 Å². The maximum absolute atomic E-state index is 12.1. The molecule has 0 atom stereocenters. The van der Waals surface area contributed by atoms with Crippen LogP contribution in [0, 0.1) is 11.3 Å². The second kappa shape index (κ2) is 5.36. The van der Waals surface area contributed by atoms with Crippen molar-refractivity contribution in [3.63, 3.8) is 0 Å². The number of hydrogen-bond acceptors (Lipinski definition) is 3. The van der Waals surface area contributed by atoms with Crippen molar-refractivity contribution in [2.24, 2.45) is 0 Å². The third-order valence-electron chi connectivity index (χ3n) is 2.66. The molecule has 5 nitrogen and oxygen atoms in total. The Kier molecular flexibility index (Phi) is 3.62. The first-order chi connectivity index (χ1) is 9.11. The molecule has 1 aromatic heterocycles. The van der Waals surface area contributed by atoms with E-state index in [9.17, 15) is 4.79 Å². The molecule has 19 heavy (non-hydrogen) atoms. The summed E-state index contributed by atoms with van der Waals surface area (Å²) in [6.45, 7) is 3.93. The second-order valence-corrected chi connectivity index (χ2v) is 4.40. The number of benzene rings is 1. The van der Waals surface area contributed by atoms with Crippen molar-refractivity contribution in [3.05, 3.63) is 47.8 Å². The fourth-order valence-corrected chi connectivity index (χ4v) is 1.73. The summed E-state index contributed by atoms with van der Waals surface area (Å²) in [4.78, 5) is 12.1. The van der Waals surface area contributed by atoms with E-state index in [1.807, 2.05) is 19.9 Å². The lowest BCUT2D eigenvalue weighted by atomic mass is 10.2. The molecule has 1 amide bonds. The molecule has 0 radical (unpaired) electrons. The molecule has 1 aromatic carbocycles. The SMILES string of the molecule is CC(C)n1nccc1C(=O)Nc1ccc(C#N)cc1. The van der Waals surface area contributed by atoms with E-state index in [1.165, 1.54) is 0 Å². The molecule has 0 bridgehead atoms. The Morgan fingerprint density at radius 1 is 1.32 bits per heavy atom. The largest absolute Gasteiger partial charge is 0.321 e. The third-order valence-corrected chi connectivity index (χ3v) is 2.66. The van der Waals surface area contributed by atoms with Gasteiger partial charge in [0.15, 0.2) is 0 Å². The maximum atomic E-state index is 12.1. The van der Waals surface area contributed by atoms with E-state index in [0.29, 0.717) is 16.9 Å². The van der Waals surface area contributed by atoms with Crippen LogP contribution in [0.4, 0.5) is 5.69 Å². The van der Waals surface area contributed by atoms with Gasteiger partial charge in [0.2, 0.25) is 0 Å². The van der Waals surface area contributed by atoms with Gasteiger partial charge in [-0.1, -0.05) is 0 Å². The summed E-state index contributed by atoms with van der Waals surface area (Å²) < 4.78 is 1.67. The second-order valence-electron chi connectivity index (χ2n) is 4.40. The smallest absolute Gasteiger partial charge is 0.273 e. The minimum absolute atomic E-state index is 0.122. The first-order valence-corrected chi connectivity index (χ1v) is 5.97. The molecule has 1 N–H and O–H groups in total. The number of aromatic nitrogens is 2. The van der Waals surface area contributed by atoms with Gasteiger partial charge in [0.05, 0.1) is 11.6 Å². The zero-order valence-electron chi connectivity index (χ0n) is 10.8. The number of carbonyl (C=O) groups is 1. The molecular weight excluding hydrogens is 240 g/mol. The summed E-state index contributed by atoms with van der Waals surface area (Å²) in [5.41, 5.74) is 1.73. The highest BCUT2D eigenvalue weighted by molar-refractivity contribution is 6.03. The lowest BCUT2D eigenvalue weighted by Gasteiger charge is -2.11. The molecule has 0 unspecified atom stereocenters. The molecule has 2 aromatic rings. The summed E-state index contributed by atoms with van der Waals surface area (Å²) >= 11 is 0. The Labute approximate surface area is 111 Å². The van der Waals surface area contributed by atoms with E-state index in [0.717, 1.165) is 0 Å². The molecule has 0 saturated carbocycles. The quantitative estimate of drug-likeness (QED) is 0.915. The molecule has 1 heterocycles. The Hall–Kier alpha value is -2.61. The predicted octanol–water partition coefficient (Wildman–Crippen LogP) is 2.59. The molecule has 0 aliphatic rings. The molecule has 0 spiro atoms. The van der Waals surface area contributed by atoms with Gasteiger partial charge < -0.3 is 5.32 Å². The molecule has 0 fully saturated rings. The van der Waals surface area contributed by atoms with E-state index in [2.05, 4.69) is 10.4 Å². The number of amides is 1. The van der Waals surface area contributed by atoms with Gasteiger partial charge in [-0.25, -0.2) is 0 Å². The highest BCUT2D eigenvalue weighted by atomic mass is 16.2. The Bertz CT molecular complexity index is 620. The Balaban J connectivity index is 2.16. The van der Waals surface area contributed by atoms with Crippen LogP contribution in [0.5, 0.6) is 0 Å². The lowest BCUT2D eigenvalue weighted by Crippen LogP contribution is -2.18. The van der Waals surface area contributed by atoms with Gasteiger partial charge in [-0.2, -0.15) is 10.4 Å². The molecule has 2 rings (SSSR count). The summed E-state index contributed by atoms with van der Waals surface area (Å²) in [6.07, 6.45) is 1.60. The van der Waals surface area contributed by atoms with Crippen LogP contribution in [0.2, 0.25) is 0 Å². The van der Waals surface area contributed by atoms with Crippen molar-refractivity contribution >= 4 is 11.6 Å². The van der Waals surface area contributed by atoms with Crippen molar-refractivity contribution in [2.75, 3.05) is 5.32 Å². The number of rotatable bonds is 3. The van der Waals surface area contributed by atoms with Crippen molar-refractivity contribution in [2.45, 2.75) is 19.9 Å². The fraction of sp³-hybridized carbons (Fsp3) is 0.214. The highest BCUT2D eigenvalue weighted by Crippen LogP contribution is 2.13. The molecule has 0 saturated heterocycles. The molecule has 0 aliphatic carbocycles. The van der Waals surface area contributed by atoms with E-state index in [1.54, 1.807) is 41.2 Å². The van der Waals surface area contributed by atoms with Crippen LogP contribution in [0.3, 0.4) is 0 Å². The number of carbonyl (C=O) groups excluding carboxylic acids is 1. The first kappa shape index (κ1) is 12.8. The van der Waals surface area contributed by atoms with Crippen LogP contribution in [0.15, 0.2) is 36.5 Å². The molecule has 0 aliphatic heterocycles. The van der Waals surface area contributed by atoms with Crippen LogP contribution in [-0.2, 0) is 0 Å². The van der Waals surface area contributed by atoms with Crippen LogP contribution in [-0.4, -0.2) is 15.7 Å². The highest BCUT2D eigenvalue weighted by Gasteiger charge is 2.13. The lowest BCUT2D eigenvalue weighted by molar-refractivity contribution is 0.101. The third kappa shape index (κ3) is 2.80. The maximum Gasteiger partial charge on any atom is 0.273 e. The predicted molar refractivity (Wildman–Crippen MR) is 71.7 cm³/mol. The van der Waals surface area contributed by atoms with Crippen LogP contribution in [0.1, 0.15) is 35.9 Å². The molecule has 96 valence electrons. The minimum atomic E-state index is -0.212. The van der Waals surface area contributed by atoms with Crippen molar-refractivity contribution in [1.82, 2.24) is 9.78 Å². The average Bonchev–Trinajstić information content (AvgIpc) is 2.89. The summed E-state index contributed by atoms with van der Waals surface area (Å²) in [5, 5.41) is 15.6. The van der Waals surface area contributed by atoms with Gasteiger partial charge in [0.1, 0.15) is 5.69 Å². The molecular formula is C14H14N4O.